The number of likely N-dealkylation sites (tertiary alicyclic amines) is 1. The van der Waals surface area contributed by atoms with Crippen molar-refractivity contribution in [2.75, 3.05) is 32.8 Å². The van der Waals surface area contributed by atoms with Gasteiger partial charge in [-0.25, -0.2) is 0 Å². The first kappa shape index (κ1) is 12.9. The van der Waals surface area contributed by atoms with Crippen LogP contribution in [-0.4, -0.2) is 54.2 Å². The number of hydrogen-bond donors (Lipinski definition) is 0. The minimum Gasteiger partial charge on any atom is -0.377 e. The van der Waals surface area contributed by atoms with Crippen LogP contribution in [0.5, 0.6) is 0 Å². The average molecular weight is 238 g/mol. The van der Waals surface area contributed by atoms with Gasteiger partial charge in [-0.05, 0) is 33.6 Å². The molecule has 0 aromatic carbocycles. The van der Waals surface area contributed by atoms with Crippen LogP contribution in [0.25, 0.3) is 0 Å². The van der Waals surface area contributed by atoms with Gasteiger partial charge in [-0.2, -0.15) is 0 Å². The number of hydrogen-bond acceptors (Lipinski definition) is 3. The molecule has 1 spiro atoms. The molecule has 0 amide bonds. The summed E-state index contributed by atoms with van der Waals surface area (Å²) >= 11 is 0. The highest BCUT2D eigenvalue weighted by atomic mass is 16.5. The van der Waals surface area contributed by atoms with Crippen LogP contribution in [-0.2, 0) is 4.74 Å². The monoisotopic (exact) mass is 238 g/mol. The van der Waals surface area contributed by atoms with Crippen molar-refractivity contribution < 1.29 is 4.74 Å². The molecule has 0 aromatic heterocycles. The van der Waals surface area contributed by atoms with Gasteiger partial charge in [0.1, 0.15) is 0 Å². The number of allylic oxidation sites excluding steroid dienone is 1. The van der Waals surface area contributed by atoms with Gasteiger partial charge in [0.15, 0.2) is 0 Å². The molecule has 0 bridgehead atoms. The third-order valence-electron chi connectivity index (χ3n) is 4.32. The zero-order valence-corrected chi connectivity index (χ0v) is 11.5. The van der Waals surface area contributed by atoms with Gasteiger partial charge in [0.05, 0.1) is 18.8 Å². The molecule has 98 valence electrons. The molecule has 0 N–H and O–H groups in total. The number of morpholine rings is 1. The Balaban J connectivity index is 2.06. The van der Waals surface area contributed by atoms with Gasteiger partial charge in [0.2, 0.25) is 0 Å². The van der Waals surface area contributed by atoms with Crippen LogP contribution >= 0.6 is 0 Å². The summed E-state index contributed by atoms with van der Waals surface area (Å²) < 4.78 is 5.74. The first-order valence-electron chi connectivity index (χ1n) is 6.80. The Bertz CT molecular complexity index is 280. The quantitative estimate of drug-likeness (QED) is 0.732. The molecule has 2 fully saturated rings. The highest BCUT2D eigenvalue weighted by molar-refractivity contribution is 5.06. The molecule has 0 radical (unpaired) electrons. The summed E-state index contributed by atoms with van der Waals surface area (Å²) in [5.41, 5.74) is 1.43. The second kappa shape index (κ2) is 4.99. The summed E-state index contributed by atoms with van der Waals surface area (Å²) in [6.45, 7) is 15.9. The Morgan fingerprint density at radius 2 is 1.88 bits per heavy atom. The Kier molecular flexibility index (Phi) is 3.79. The summed E-state index contributed by atoms with van der Waals surface area (Å²) in [5.74, 6) is 0. The van der Waals surface area contributed by atoms with E-state index < -0.39 is 0 Å². The number of nitrogens with zero attached hydrogens (tertiary/aromatic N) is 2. The van der Waals surface area contributed by atoms with E-state index in [-0.39, 0.29) is 5.54 Å². The molecule has 2 saturated heterocycles. The van der Waals surface area contributed by atoms with Crippen molar-refractivity contribution in [1.29, 1.82) is 0 Å². The van der Waals surface area contributed by atoms with Crippen molar-refractivity contribution >= 4 is 0 Å². The smallest absolute Gasteiger partial charge is 0.0700 e. The lowest BCUT2D eigenvalue weighted by molar-refractivity contribution is -0.0810. The molecule has 3 heteroatoms. The van der Waals surface area contributed by atoms with E-state index in [0.717, 1.165) is 19.8 Å². The van der Waals surface area contributed by atoms with Gasteiger partial charge in [-0.15, -0.1) is 0 Å². The third kappa shape index (κ3) is 2.50. The van der Waals surface area contributed by atoms with E-state index in [4.69, 9.17) is 4.74 Å². The van der Waals surface area contributed by atoms with Crippen LogP contribution in [0, 0.1) is 0 Å². The van der Waals surface area contributed by atoms with Crippen molar-refractivity contribution in [3.05, 3.63) is 12.3 Å². The zero-order chi connectivity index (χ0) is 12.5. The van der Waals surface area contributed by atoms with Crippen molar-refractivity contribution in [1.82, 2.24) is 9.80 Å². The second-order valence-electron chi connectivity index (χ2n) is 5.79. The van der Waals surface area contributed by atoms with Crippen LogP contribution in [0.2, 0.25) is 0 Å². The summed E-state index contributed by atoms with van der Waals surface area (Å²) in [4.78, 5) is 5.06. The van der Waals surface area contributed by atoms with Crippen molar-refractivity contribution in [3.63, 3.8) is 0 Å². The minimum absolute atomic E-state index is 0.232. The maximum Gasteiger partial charge on any atom is 0.0700 e. The first-order chi connectivity index (χ1) is 8.05. The van der Waals surface area contributed by atoms with E-state index in [9.17, 15) is 0 Å². The molecule has 0 aliphatic carbocycles. The summed E-state index contributed by atoms with van der Waals surface area (Å²) in [6.07, 6.45) is 2.41. The zero-order valence-electron chi connectivity index (χ0n) is 11.5. The maximum absolute atomic E-state index is 5.74. The van der Waals surface area contributed by atoms with Crippen LogP contribution in [0.1, 0.15) is 33.6 Å². The molecule has 17 heavy (non-hydrogen) atoms. The average Bonchev–Trinajstić information content (AvgIpc) is 2.29. The van der Waals surface area contributed by atoms with Crippen molar-refractivity contribution in [2.24, 2.45) is 0 Å². The molecule has 2 aliphatic rings. The Morgan fingerprint density at radius 3 is 2.41 bits per heavy atom. The lowest BCUT2D eigenvalue weighted by Crippen LogP contribution is -2.61. The summed E-state index contributed by atoms with van der Waals surface area (Å²) in [5, 5.41) is 0. The standard InChI is InChI=1S/C14H26N2O/c1-12(2)15-7-5-14(6-8-15)11-17-10-9-16(14)13(3)4/h12H,3,5-11H2,1-2,4H3. The first-order valence-corrected chi connectivity index (χ1v) is 6.80. The fourth-order valence-corrected chi connectivity index (χ4v) is 3.20. The van der Waals surface area contributed by atoms with E-state index in [2.05, 4.69) is 37.1 Å². The van der Waals surface area contributed by atoms with E-state index in [1.807, 2.05) is 0 Å². The molecular formula is C14H26N2O. The normalized spacial score (nSPS) is 25.5. The maximum atomic E-state index is 5.74. The molecule has 0 atom stereocenters. The van der Waals surface area contributed by atoms with Crippen LogP contribution in [0.4, 0.5) is 0 Å². The molecular weight excluding hydrogens is 212 g/mol. The van der Waals surface area contributed by atoms with Crippen molar-refractivity contribution in [2.45, 2.75) is 45.2 Å². The van der Waals surface area contributed by atoms with Gasteiger partial charge in [-0.3, -0.25) is 0 Å². The van der Waals surface area contributed by atoms with Crippen molar-refractivity contribution in [3.8, 4) is 0 Å². The van der Waals surface area contributed by atoms with E-state index in [1.165, 1.54) is 31.6 Å². The van der Waals surface area contributed by atoms with Crippen LogP contribution < -0.4 is 0 Å². The van der Waals surface area contributed by atoms with E-state index in [0.29, 0.717) is 6.04 Å². The fraction of sp³-hybridized carbons (Fsp3) is 0.857. The highest BCUT2D eigenvalue weighted by Gasteiger charge is 2.42. The van der Waals surface area contributed by atoms with E-state index >= 15 is 0 Å². The Hall–Kier alpha value is -0.540. The predicted molar refractivity (Wildman–Crippen MR) is 71.0 cm³/mol. The molecule has 0 unspecified atom stereocenters. The molecule has 2 aliphatic heterocycles. The van der Waals surface area contributed by atoms with Gasteiger partial charge in [0, 0.05) is 31.4 Å². The third-order valence-corrected chi connectivity index (χ3v) is 4.32. The fourth-order valence-electron chi connectivity index (χ4n) is 3.20. The lowest BCUT2D eigenvalue weighted by Gasteiger charge is -2.53. The number of ether oxygens (including phenoxy) is 1. The molecule has 0 aromatic rings. The largest absolute Gasteiger partial charge is 0.377 e. The van der Waals surface area contributed by atoms with Gasteiger partial charge in [-0.1, -0.05) is 6.58 Å². The van der Waals surface area contributed by atoms with Crippen LogP contribution in [0.15, 0.2) is 12.3 Å². The molecule has 3 nitrogen and oxygen atoms in total. The highest BCUT2D eigenvalue weighted by Crippen LogP contribution is 2.34. The predicted octanol–water partition coefficient (Wildman–Crippen LogP) is 2.10. The Labute approximate surface area is 105 Å². The minimum atomic E-state index is 0.232. The van der Waals surface area contributed by atoms with Gasteiger partial charge in [0.25, 0.3) is 0 Å². The molecule has 2 heterocycles. The lowest BCUT2D eigenvalue weighted by atomic mass is 9.84. The summed E-state index contributed by atoms with van der Waals surface area (Å²) in [7, 11) is 0. The number of piperidine rings is 1. The van der Waals surface area contributed by atoms with E-state index in [1.54, 1.807) is 0 Å². The molecule has 2 rings (SSSR count). The van der Waals surface area contributed by atoms with Gasteiger partial charge < -0.3 is 14.5 Å². The van der Waals surface area contributed by atoms with Crippen LogP contribution in [0.3, 0.4) is 0 Å². The topological polar surface area (TPSA) is 15.7 Å². The SMILES string of the molecule is C=C(C)N1CCOCC12CCN(C(C)C)CC2. The molecule has 0 saturated carbocycles. The number of rotatable bonds is 2. The van der Waals surface area contributed by atoms with Gasteiger partial charge >= 0.3 is 0 Å². The second-order valence-corrected chi connectivity index (χ2v) is 5.79. The Morgan fingerprint density at radius 1 is 1.24 bits per heavy atom. The summed E-state index contributed by atoms with van der Waals surface area (Å²) in [6, 6.07) is 0.662.